The molecule has 1 aliphatic heterocycles. The Morgan fingerprint density at radius 2 is 1.80 bits per heavy atom. The number of piperidine rings is 1. The Labute approximate surface area is 102 Å². The van der Waals surface area contributed by atoms with Crippen LogP contribution in [0, 0.1) is 0 Å². The molecule has 88 valence electrons. The molecule has 0 N–H and O–H groups in total. The van der Waals surface area contributed by atoms with Crippen molar-refractivity contribution in [3.8, 4) is 0 Å². The summed E-state index contributed by atoms with van der Waals surface area (Å²) >= 11 is 3.44. The lowest BCUT2D eigenvalue weighted by Crippen LogP contribution is -2.35. The molecule has 15 heavy (non-hydrogen) atoms. The van der Waals surface area contributed by atoms with Crippen molar-refractivity contribution in [1.29, 1.82) is 0 Å². The van der Waals surface area contributed by atoms with Crippen LogP contribution in [-0.4, -0.2) is 29.2 Å². The van der Waals surface area contributed by atoms with Crippen LogP contribution in [0.3, 0.4) is 0 Å². The molecule has 1 saturated heterocycles. The molecule has 1 aliphatic rings. The first-order chi connectivity index (χ1) is 7.34. The Balaban J connectivity index is 1.96. The Bertz CT molecular complexity index is 184. The molecule has 3 heteroatoms. The van der Waals surface area contributed by atoms with E-state index in [0.717, 1.165) is 31.3 Å². The zero-order chi connectivity index (χ0) is 10.9. The van der Waals surface area contributed by atoms with Crippen LogP contribution in [0.15, 0.2) is 0 Å². The number of amides is 1. The molecule has 0 bridgehead atoms. The number of alkyl halides is 1. The third-order valence-electron chi connectivity index (χ3n) is 2.98. The molecule has 1 heterocycles. The van der Waals surface area contributed by atoms with E-state index in [-0.39, 0.29) is 0 Å². The number of unbranched alkanes of at least 4 members (excludes halogenated alkanes) is 4. The van der Waals surface area contributed by atoms with Gasteiger partial charge in [-0.2, -0.15) is 0 Å². The van der Waals surface area contributed by atoms with E-state index in [1.54, 1.807) is 0 Å². The summed E-state index contributed by atoms with van der Waals surface area (Å²) in [5, 5.41) is 1.12. The van der Waals surface area contributed by atoms with Crippen LogP contribution in [0.4, 0.5) is 0 Å². The molecule has 0 aliphatic carbocycles. The van der Waals surface area contributed by atoms with Crippen molar-refractivity contribution < 1.29 is 4.79 Å². The van der Waals surface area contributed by atoms with Crippen LogP contribution in [0.5, 0.6) is 0 Å². The SMILES string of the molecule is O=C1CCCCN1CCCCCCCBr. The van der Waals surface area contributed by atoms with Gasteiger partial charge in [0.15, 0.2) is 0 Å². The molecule has 0 atom stereocenters. The summed E-state index contributed by atoms with van der Waals surface area (Å²) in [4.78, 5) is 13.5. The van der Waals surface area contributed by atoms with E-state index in [1.165, 1.54) is 38.5 Å². The van der Waals surface area contributed by atoms with E-state index >= 15 is 0 Å². The Morgan fingerprint density at radius 3 is 2.53 bits per heavy atom. The summed E-state index contributed by atoms with van der Waals surface area (Å²) in [6, 6.07) is 0. The number of rotatable bonds is 7. The molecule has 1 rings (SSSR count). The summed E-state index contributed by atoms with van der Waals surface area (Å²) in [7, 11) is 0. The zero-order valence-electron chi connectivity index (χ0n) is 9.51. The minimum atomic E-state index is 0.377. The van der Waals surface area contributed by atoms with Gasteiger partial charge in [-0.05, 0) is 25.7 Å². The van der Waals surface area contributed by atoms with Gasteiger partial charge < -0.3 is 4.90 Å². The Hall–Kier alpha value is -0.0500. The molecule has 0 saturated carbocycles. The number of carbonyl (C=O) groups is 1. The molecular weight excluding hydrogens is 254 g/mol. The summed E-state index contributed by atoms with van der Waals surface area (Å²) < 4.78 is 0. The van der Waals surface area contributed by atoms with Gasteiger partial charge in [0, 0.05) is 24.8 Å². The van der Waals surface area contributed by atoms with Gasteiger partial charge in [-0.25, -0.2) is 0 Å². The first kappa shape index (κ1) is 13.0. The molecule has 1 fully saturated rings. The molecule has 0 aromatic rings. The van der Waals surface area contributed by atoms with Crippen molar-refractivity contribution in [2.24, 2.45) is 0 Å². The second-order valence-corrected chi connectivity index (χ2v) is 5.09. The van der Waals surface area contributed by atoms with E-state index in [9.17, 15) is 4.79 Å². The lowest BCUT2D eigenvalue weighted by Gasteiger charge is -2.26. The van der Waals surface area contributed by atoms with Gasteiger partial charge in [0.05, 0.1) is 0 Å². The smallest absolute Gasteiger partial charge is 0.222 e. The third kappa shape index (κ3) is 5.55. The minimum Gasteiger partial charge on any atom is -0.343 e. The molecular formula is C12H22BrNO. The number of nitrogens with zero attached hydrogens (tertiary/aromatic N) is 1. The number of hydrogen-bond acceptors (Lipinski definition) is 1. The van der Waals surface area contributed by atoms with Crippen molar-refractivity contribution >= 4 is 21.8 Å². The van der Waals surface area contributed by atoms with E-state index in [1.807, 2.05) is 4.90 Å². The fourth-order valence-corrected chi connectivity index (χ4v) is 2.42. The maximum absolute atomic E-state index is 11.5. The highest BCUT2D eigenvalue weighted by atomic mass is 79.9. The minimum absolute atomic E-state index is 0.377. The molecule has 0 radical (unpaired) electrons. The normalized spacial score (nSPS) is 17.1. The van der Waals surface area contributed by atoms with Crippen molar-refractivity contribution in [3.63, 3.8) is 0 Å². The zero-order valence-corrected chi connectivity index (χ0v) is 11.1. The van der Waals surface area contributed by atoms with Gasteiger partial charge in [-0.3, -0.25) is 4.79 Å². The van der Waals surface area contributed by atoms with Crippen molar-refractivity contribution in [2.45, 2.75) is 51.4 Å². The third-order valence-corrected chi connectivity index (χ3v) is 3.54. The van der Waals surface area contributed by atoms with E-state index in [4.69, 9.17) is 0 Å². The predicted molar refractivity (Wildman–Crippen MR) is 67.3 cm³/mol. The highest BCUT2D eigenvalue weighted by molar-refractivity contribution is 9.09. The first-order valence-electron chi connectivity index (χ1n) is 6.18. The maximum atomic E-state index is 11.5. The highest BCUT2D eigenvalue weighted by Gasteiger charge is 2.16. The van der Waals surface area contributed by atoms with Gasteiger partial charge in [-0.1, -0.05) is 35.2 Å². The summed E-state index contributed by atoms with van der Waals surface area (Å²) in [5.74, 6) is 0.377. The van der Waals surface area contributed by atoms with Gasteiger partial charge in [-0.15, -0.1) is 0 Å². The number of likely N-dealkylation sites (tertiary alicyclic amines) is 1. The van der Waals surface area contributed by atoms with Crippen LogP contribution in [0.2, 0.25) is 0 Å². The van der Waals surface area contributed by atoms with E-state index in [0.29, 0.717) is 5.91 Å². The second-order valence-electron chi connectivity index (χ2n) is 4.29. The van der Waals surface area contributed by atoms with Crippen LogP contribution < -0.4 is 0 Å². The van der Waals surface area contributed by atoms with Crippen LogP contribution in [0.1, 0.15) is 51.4 Å². The van der Waals surface area contributed by atoms with Crippen LogP contribution >= 0.6 is 15.9 Å². The first-order valence-corrected chi connectivity index (χ1v) is 7.30. The summed E-state index contributed by atoms with van der Waals surface area (Å²) in [5.41, 5.74) is 0. The lowest BCUT2D eigenvalue weighted by molar-refractivity contribution is -0.133. The average molecular weight is 276 g/mol. The van der Waals surface area contributed by atoms with Gasteiger partial charge in [0.1, 0.15) is 0 Å². The number of hydrogen-bond donors (Lipinski definition) is 0. The molecule has 0 aromatic heterocycles. The molecule has 0 aromatic carbocycles. The maximum Gasteiger partial charge on any atom is 0.222 e. The molecule has 1 amide bonds. The topological polar surface area (TPSA) is 20.3 Å². The molecule has 0 spiro atoms. The number of halogens is 1. The summed E-state index contributed by atoms with van der Waals surface area (Å²) in [6.07, 6.45) is 9.46. The average Bonchev–Trinajstić information content (AvgIpc) is 2.25. The lowest BCUT2D eigenvalue weighted by atomic mass is 10.1. The fraction of sp³-hybridized carbons (Fsp3) is 0.917. The van der Waals surface area contributed by atoms with Gasteiger partial charge in [0.25, 0.3) is 0 Å². The van der Waals surface area contributed by atoms with Crippen molar-refractivity contribution in [3.05, 3.63) is 0 Å². The van der Waals surface area contributed by atoms with Crippen molar-refractivity contribution in [2.75, 3.05) is 18.4 Å². The van der Waals surface area contributed by atoms with Gasteiger partial charge >= 0.3 is 0 Å². The summed E-state index contributed by atoms with van der Waals surface area (Å²) in [6.45, 7) is 1.99. The van der Waals surface area contributed by atoms with Crippen LogP contribution in [-0.2, 0) is 4.79 Å². The standard InChI is InChI=1S/C12H22BrNO/c13-9-5-2-1-3-6-10-14-11-7-4-8-12(14)15/h1-11H2. The van der Waals surface area contributed by atoms with Gasteiger partial charge in [0.2, 0.25) is 5.91 Å². The quantitative estimate of drug-likeness (QED) is 0.516. The monoisotopic (exact) mass is 275 g/mol. The van der Waals surface area contributed by atoms with Crippen molar-refractivity contribution in [1.82, 2.24) is 4.90 Å². The Morgan fingerprint density at radius 1 is 1.07 bits per heavy atom. The van der Waals surface area contributed by atoms with Crippen LogP contribution in [0.25, 0.3) is 0 Å². The van der Waals surface area contributed by atoms with E-state index < -0.39 is 0 Å². The highest BCUT2D eigenvalue weighted by Crippen LogP contribution is 2.12. The molecule has 2 nitrogen and oxygen atoms in total. The fourth-order valence-electron chi connectivity index (χ4n) is 2.03. The van der Waals surface area contributed by atoms with E-state index in [2.05, 4.69) is 15.9 Å². The number of carbonyl (C=O) groups excluding carboxylic acids is 1. The second kappa shape index (κ2) is 8.14. The largest absolute Gasteiger partial charge is 0.343 e. The predicted octanol–water partition coefficient (Wildman–Crippen LogP) is 3.34. The Kier molecular flexibility index (Phi) is 7.07. The molecule has 0 unspecified atom stereocenters.